The van der Waals surface area contributed by atoms with Crippen LogP contribution >= 0.6 is 0 Å². The number of hydrogen-bond acceptors (Lipinski definition) is 4. The zero-order chi connectivity index (χ0) is 13.8. The molecule has 0 saturated carbocycles. The van der Waals surface area contributed by atoms with Gasteiger partial charge in [0.15, 0.2) is 0 Å². The maximum absolute atomic E-state index is 11.6. The van der Waals surface area contributed by atoms with Gasteiger partial charge in [-0.3, -0.25) is 9.36 Å². The van der Waals surface area contributed by atoms with E-state index in [1.165, 1.54) is 23.2 Å². The molecule has 1 atom stereocenters. The van der Waals surface area contributed by atoms with Gasteiger partial charge in [-0.05, 0) is 19.1 Å². The Morgan fingerprint density at radius 3 is 2.89 bits per heavy atom. The number of aryl methyl sites for hydroxylation is 1. The highest BCUT2D eigenvalue weighted by Crippen LogP contribution is 2.26. The number of nitrogens with zero attached hydrogens (tertiary/aromatic N) is 2. The number of aliphatic hydroxyl groups excluding tert-OH is 1. The molecule has 5 heteroatoms. The van der Waals surface area contributed by atoms with Gasteiger partial charge in [0.2, 0.25) is 0 Å². The highest BCUT2D eigenvalue weighted by molar-refractivity contribution is 5.38. The lowest BCUT2D eigenvalue weighted by molar-refractivity contribution is 0.150. The van der Waals surface area contributed by atoms with E-state index in [2.05, 4.69) is 4.98 Å². The van der Waals surface area contributed by atoms with E-state index in [1.54, 1.807) is 13.2 Å². The molecule has 2 rings (SSSR count). The molecular weight excluding hydrogens is 244 g/mol. The Labute approximate surface area is 111 Å². The van der Waals surface area contributed by atoms with Crippen LogP contribution in [-0.2, 0) is 6.54 Å². The molecule has 1 heterocycles. The quantitative estimate of drug-likeness (QED) is 0.899. The zero-order valence-electron chi connectivity index (χ0n) is 10.9. The summed E-state index contributed by atoms with van der Waals surface area (Å²) in [6.07, 6.45) is 2.02. The summed E-state index contributed by atoms with van der Waals surface area (Å²) in [6.45, 7) is 2.08. The van der Waals surface area contributed by atoms with Crippen LogP contribution in [0.5, 0.6) is 5.75 Å². The first-order chi connectivity index (χ1) is 9.11. The van der Waals surface area contributed by atoms with Crippen LogP contribution in [0.25, 0.3) is 0 Å². The molecule has 19 heavy (non-hydrogen) atoms. The van der Waals surface area contributed by atoms with Crippen molar-refractivity contribution in [2.75, 3.05) is 7.11 Å². The lowest BCUT2D eigenvalue weighted by atomic mass is 10.1. The Morgan fingerprint density at radius 2 is 2.21 bits per heavy atom. The normalized spacial score (nSPS) is 12.2. The Morgan fingerprint density at radius 1 is 1.42 bits per heavy atom. The summed E-state index contributed by atoms with van der Waals surface area (Å²) >= 11 is 0. The third-order valence-corrected chi connectivity index (χ3v) is 2.91. The van der Waals surface area contributed by atoms with Gasteiger partial charge in [0.1, 0.15) is 11.9 Å². The first-order valence-electron chi connectivity index (χ1n) is 5.95. The van der Waals surface area contributed by atoms with Crippen molar-refractivity contribution in [3.05, 3.63) is 58.3 Å². The van der Waals surface area contributed by atoms with E-state index in [1.807, 2.05) is 19.1 Å². The molecule has 0 radical (unpaired) electrons. The first kappa shape index (κ1) is 13.3. The molecule has 1 N–H and O–H groups in total. The van der Waals surface area contributed by atoms with Crippen LogP contribution in [0.1, 0.15) is 17.2 Å². The predicted octanol–water partition coefficient (Wildman–Crippen LogP) is 1.29. The fourth-order valence-electron chi connectivity index (χ4n) is 1.91. The summed E-state index contributed by atoms with van der Waals surface area (Å²) in [5.41, 5.74) is 1.49. The van der Waals surface area contributed by atoms with Gasteiger partial charge in [0.05, 0.1) is 20.0 Å². The van der Waals surface area contributed by atoms with E-state index < -0.39 is 6.10 Å². The summed E-state index contributed by atoms with van der Waals surface area (Å²) < 4.78 is 6.59. The minimum absolute atomic E-state index is 0.145. The van der Waals surface area contributed by atoms with Gasteiger partial charge >= 0.3 is 0 Å². The second kappa shape index (κ2) is 5.67. The molecule has 0 aliphatic heterocycles. The van der Waals surface area contributed by atoms with E-state index in [0.29, 0.717) is 11.3 Å². The maximum atomic E-state index is 11.6. The van der Waals surface area contributed by atoms with Crippen molar-refractivity contribution in [1.29, 1.82) is 0 Å². The molecule has 0 aliphatic carbocycles. The largest absolute Gasteiger partial charge is 0.496 e. The lowest BCUT2D eigenvalue weighted by Gasteiger charge is -2.16. The topological polar surface area (TPSA) is 64.3 Å². The average Bonchev–Trinajstić information content (AvgIpc) is 2.41. The summed E-state index contributed by atoms with van der Waals surface area (Å²) in [7, 11) is 1.55. The molecule has 1 aromatic carbocycles. The molecule has 5 nitrogen and oxygen atoms in total. The average molecular weight is 260 g/mol. The van der Waals surface area contributed by atoms with Gasteiger partial charge in [-0.25, -0.2) is 4.98 Å². The van der Waals surface area contributed by atoms with E-state index in [0.717, 1.165) is 5.56 Å². The Balaban J connectivity index is 2.30. The Kier molecular flexibility index (Phi) is 3.97. The van der Waals surface area contributed by atoms with E-state index >= 15 is 0 Å². The molecule has 0 bridgehead atoms. The van der Waals surface area contributed by atoms with Crippen LogP contribution in [-0.4, -0.2) is 21.8 Å². The van der Waals surface area contributed by atoms with Crippen molar-refractivity contribution in [3.8, 4) is 5.75 Å². The predicted molar refractivity (Wildman–Crippen MR) is 71.2 cm³/mol. The van der Waals surface area contributed by atoms with Crippen molar-refractivity contribution < 1.29 is 9.84 Å². The standard InChI is InChI=1S/C14H16N2O3/c1-10-3-4-13(19-2)11(7-10)12(17)8-16-9-15-6-5-14(16)18/h3-7,9,12,17H,8H2,1-2H3. The Bertz CT molecular complexity index is 622. The maximum Gasteiger partial charge on any atom is 0.253 e. The minimum atomic E-state index is -0.822. The Hall–Kier alpha value is -2.14. The van der Waals surface area contributed by atoms with Crippen LogP contribution in [0.15, 0.2) is 41.6 Å². The van der Waals surface area contributed by atoms with Gasteiger partial charge in [-0.1, -0.05) is 11.6 Å². The SMILES string of the molecule is COc1ccc(C)cc1C(O)Cn1cnccc1=O. The smallest absolute Gasteiger partial charge is 0.253 e. The van der Waals surface area contributed by atoms with Gasteiger partial charge < -0.3 is 9.84 Å². The van der Waals surface area contributed by atoms with Crippen LogP contribution in [0, 0.1) is 6.92 Å². The third-order valence-electron chi connectivity index (χ3n) is 2.91. The van der Waals surface area contributed by atoms with E-state index in [-0.39, 0.29) is 12.1 Å². The molecule has 100 valence electrons. The highest BCUT2D eigenvalue weighted by Gasteiger charge is 2.14. The molecule has 0 aliphatic rings. The molecule has 0 amide bonds. The minimum Gasteiger partial charge on any atom is -0.496 e. The highest BCUT2D eigenvalue weighted by atomic mass is 16.5. The number of benzene rings is 1. The first-order valence-corrected chi connectivity index (χ1v) is 5.95. The monoisotopic (exact) mass is 260 g/mol. The fraction of sp³-hybridized carbons (Fsp3) is 0.286. The number of aromatic nitrogens is 2. The van der Waals surface area contributed by atoms with E-state index in [4.69, 9.17) is 4.74 Å². The van der Waals surface area contributed by atoms with Crippen molar-refractivity contribution in [2.24, 2.45) is 0 Å². The molecule has 0 fully saturated rings. The molecule has 2 aromatic rings. The van der Waals surface area contributed by atoms with Crippen molar-refractivity contribution in [2.45, 2.75) is 19.6 Å². The molecule has 1 aromatic heterocycles. The summed E-state index contributed by atoms with van der Waals surface area (Å²) in [5.74, 6) is 0.607. The van der Waals surface area contributed by atoms with Gasteiger partial charge in [-0.15, -0.1) is 0 Å². The summed E-state index contributed by atoms with van der Waals surface area (Å²) in [4.78, 5) is 15.5. The molecule has 0 saturated heterocycles. The van der Waals surface area contributed by atoms with E-state index in [9.17, 15) is 9.90 Å². The van der Waals surface area contributed by atoms with Crippen molar-refractivity contribution in [1.82, 2.24) is 9.55 Å². The van der Waals surface area contributed by atoms with Gasteiger partial charge in [0.25, 0.3) is 5.56 Å². The second-order valence-electron chi connectivity index (χ2n) is 4.33. The second-order valence-corrected chi connectivity index (χ2v) is 4.33. The molecular formula is C14H16N2O3. The number of hydrogen-bond donors (Lipinski definition) is 1. The number of aliphatic hydroxyl groups is 1. The van der Waals surface area contributed by atoms with Crippen molar-refractivity contribution in [3.63, 3.8) is 0 Å². The number of ether oxygens (including phenoxy) is 1. The third kappa shape index (κ3) is 3.00. The number of rotatable bonds is 4. The number of methoxy groups -OCH3 is 1. The summed E-state index contributed by atoms with van der Waals surface area (Å²) in [5, 5.41) is 10.3. The van der Waals surface area contributed by atoms with Crippen LogP contribution < -0.4 is 10.3 Å². The van der Waals surface area contributed by atoms with Crippen LogP contribution in [0.4, 0.5) is 0 Å². The van der Waals surface area contributed by atoms with Crippen LogP contribution in [0.2, 0.25) is 0 Å². The van der Waals surface area contributed by atoms with Gasteiger partial charge in [-0.2, -0.15) is 0 Å². The van der Waals surface area contributed by atoms with Crippen LogP contribution in [0.3, 0.4) is 0 Å². The lowest BCUT2D eigenvalue weighted by Crippen LogP contribution is -2.22. The molecule has 1 unspecified atom stereocenters. The molecule has 0 spiro atoms. The van der Waals surface area contributed by atoms with Gasteiger partial charge in [0, 0.05) is 17.8 Å². The van der Waals surface area contributed by atoms with Crippen molar-refractivity contribution >= 4 is 0 Å². The fourth-order valence-corrected chi connectivity index (χ4v) is 1.91. The summed E-state index contributed by atoms with van der Waals surface area (Å²) in [6, 6.07) is 6.93. The zero-order valence-corrected chi connectivity index (χ0v) is 10.9.